The zero-order chi connectivity index (χ0) is 12.7. The first-order valence-electron chi connectivity index (χ1n) is 5.15. The number of fused-ring (bicyclic) bond motifs is 2. The quantitative estimate of drug-likeness (QED) is 0.382. The average molecular weight is 260 g/mol. The molecule has 3 aromatic rings. The molecule has 0 aliphatic carbocycles. The molecule has 0 aliphatic heterocycles. The largest absolute Gasteiger partial charge is 0.271 e. The summed E-state index contributed by atoms with van der Waals surface area (Å²) in [5, 5.41) is 11.3. The molecule has 1 heterocycles. The molecule has 0 bridgehead atoms. The molecule has 88 valence electrons. The van der Waals surface area contributed by atoms with Crippen LogP contribution in [0.15, 0.2) is 36.4 Å². The van der Waals surface area contributed by atoms with Crippen LogP contribution in [0.1, 0.15) is 0 Å². The first-order valence-corrected chi connectivity index (χ1v) is 5.53. The van der Waals surface area contributed by atoms with Gasteiger partial charge < -0.3 is 0 Å². The maximum absolute atomic E-state index is 10.7. The summed E-state index contributed by atoms with van der Waals surface area (Å²) in [4.78, 5) is 18.9. The highest BCUT2D eigenvalue weighted by Crippen LogP contribution is 2.22. The number of hydrogen-bond acceptors (Lipinski definition) is 4. The standard InChI is InChI=1S/C12H6ClN3O2/c13-7-1-3-9-11(5-7)15-12-6-8(16(17)18)2-4-10(12)14-9/h1-6H. The summed E-state index contributed by atoms with van der Waals surface area (Å²) in [7, 11) is 0. The zero-order valence-corrected chi connectivity index (χ0v) is 9.76. The third-order valence-corrected chi connectivity index (χ3v) is 2.82. The number of nitro groups is 1. The molecule has 6 heteroatoms. The van der Waals surface area contributed by atoms with Crippen molar-refractivity contribution in [3.05, 3.63) is 51.5 Å². The molecule has 0 aliphatic rings. The van der Waals surface area contributed by atoms with E-state index in [2.05, 4.69) is 9.97 Å². The molecule has 5 nitrogen and oxygen atoms in total. The van der Waals surface area contributed by atoms with Crippen LogP contribution in [0.4, 0.5) is 5.69 Å². The Morgan fingerprint density at radius 3 is 2.28 bits per heavy atom. The molecular weight excluding hydrogens is 254 g/mol. The molecule has 0 atom stereocenters. The monoisotopic (exact) mass is 259 g/mol. The van der Waals surface area contributed by atoms with Gasteiger partial charge >= 0.3 is 0 Å². The Balaban J connectivity index is 2.35. The van der Waals surface area contributed by atoms with Gasteiger partial charge in [-0.05, 0) is 24.3 Å². The normalized spacial score (nSPS) is 10.9. The number of rotatable bonds is 1. The van der Waals surface area contributed by atoms with Gasteiger partial charge in [-0.3, -0.25) is 10.1 Å². The maximum atomic E-state index is 10.7. The Morgan fingerprint density at radius 2 is 1.56 bits per heavy atom. The first-order chi connectivity index (χ1) is 8.63. The highest BCUT2D eigenvalue weighted by Gasteiger charge is 2.08. The van der Waals surface area contributed by atoms with E-state index in [4.69, 9.17) is 11.6 Å². The van der Waals surface area contributed by atoms with Gasteiger partial charge in [0.25, 0.3) is 5.69 Å². The van der Waals surface area contributed by atoms with E-state index in [-0.39, 0.29) is 5.69 Å². The predicted octanol–water partition coefficient (Wildman–Crippen LogP) is 3.34. The van der Waals surface area contributed by atoms with Crippen molar-refractivity contribution in [2.75, 3.05) is 0 Å². The van der Waals surface area contributed by atoms with E-state index in [0.717, 1.165) is 0 Å². The SMILES string of the molecule is O=[N+]([O-])c1ccc2nc3ccc(Cl)cc3nc2c1. The molecule has 0 amide bonds. The summed E-state index contributed by atoms with van der Waals surface area (Å²) in [5.41, 5.74) is 2.43. The lowest BCUT2D eigenvalue weighted by atomic mass is 10.2. The van der Waals surface area contributed by atoms with Crippen molar-refractivity contribution in [2.45, 2.75) is 0 Å². The lowest BCUT2D eigenvalue weighted by Crippen LogP contribution is -1.91. The molecule has 0 spiro atoms. The van der Waals surface area contributed by atoms with Crippen LogP contribution in [0.3, 0.4) is 0 Å². The van der Waals surface area contributed by atoms with Gasteiger partial charge in [0.05, 0.1) is 27.0 Å². The van der Waals surface area contributed by atoms with E-state index in [9.17, 15) is 10.1 Å². The fourth-order valence-corrected chi connectivity index (χ4v) is 1.92. The molecule has 18 heavy (non-hydrogen) atoms. The highest BCUT2D eigenvalue weighted by molar-refractivity contribution is 6.31. The molecule has 0 saturated heterocycles. The smallest absolute Gasteiger partial charge is 0.258 e. The van der Waals surface area contributed by atoms with Crippen LogP contribution in [0, 0.1) is 10.1 Å². The van der Waals surface area contributed by atoms with Crippen molar-refractivity contribution in [3.63, 3.8) is 0 Å². The van der Waals surface area contributed by atoms with E-state index in [0.29, 0.717) is 27.1 Å². The minimum Gasteiger partial charge on any atom is -0.258 e. The zero-order valence-electron chi connectivity index (χ0n) is 9.00. The van der Waals surface area contributed by atoms with Gasteiger partial charge in [-0.2, -0.15) is 0 Å². The molecule has 0 fully saturated rings. The van der Waals surface area contributed by atoms with Crippen LogP contribution >= 0.6 is 11.6 Å². The summed E-state index contributed by atoms with van der Waals surface area (Å²) in [5.74, 6) is 0. The van der Waals surface area contributed by atoms with Crippen LogP contribution in [-0.4, -0.2) is 14.9 Å². The number of halogens is 1. The average Bonchev–Trinajstić information content (AvgIpc) is 2.35. The summed E-state index contributed by atoms with van der Waals surface area (Å²) < 4.78 is 0. The Morgan fingerprint density at radius 1 is 0.944 bits per heavy atom. The fraction of sp³-hybridized carbons (Fsp3) is 0. The second kappa shape index (κ2) is 3.89. The molecule has 1 aromatic heterocycles. The number of benzene rings is 2. The van der Waals surface area contributed by atoms with E-state index < -0.39 is 4.92 Å². The molecule has 3 rings (SSSR count). The molecule has 0 N–H and O–H groups in total. The summed E-state index contributed by atoms with van der Waals surface area (Å²) in [6.07, 6.45) is 0. The lowest BCUT2D eigenvalue weighted by molar-refractivity contribution is -0.384. The number of hydrogen-bond donors (Lipinski definition) is 0. The van der Waals surface area contributed by atoms with Gasteiger partial charge in [-0.25, -0.2) is 9.97 Å². The molecular formula is C12H6ClN3O2. The summed E-state index contributed by atoms with van der Waals surface area (Å²) in [6.45, 7) is 0. The first kappa shape index (κ1) is 10.9. The molecule has 0 saturated carbocycles. The van der Waals surface area contributed by atoms with E-state index in [1.165, 1.54) is 12.1 Å². The number of nitro benzene ring substituents is 1. The van der Waals surface area contributed by atoms with Gasteiger partial charge in [-0.15, -0.1) is 0 Å². The molecule has 0 radical (unpaired) electrons. The fourth-order valence-electron chi connectivity index (χ4n) is 1.75. The van der Waals surface area contributed by atoms with Gasteiger partial charge in [0, 0.05) is 17.2 Å². The second-order valence-corrected chi connectivity index (χ2v) is 4.22. The Kier molecular flexibility index (Phi) is 2.34. The summed E-state index contributed by atoms with van der Waals surface area (Å²) in [6, 6.07) is 9.60. The molecule has 2 aromatic carbocycles. The maximum Gasteiger partial charge on any atom is 0.271 e. The van der Waals surface area contributed by atoms with Gasteiger partial charge in [0.15, 0.2) is 0 Å². The highest BCUT2D eigenvalue weighted by atomic mass is 35.5. The van der Waals surface area contributed by atoms with Crippen molar-refractivity contribution >= 4 is 39.4 Å². The van der Waals surface area contributed by atoms with Gasteiger partial charge in [0.1, 0.15) is 0 Å². The summed E-state index contributed by atoms with van der Waals surface area (Å²) >= 11 is 5.88. The van der Waals surface area contributed by atoms with E-state index >= 15 is 0 Å². The predicted molar refractivity (Wildman–Crippen MR) is 68.7 cm³/mol. The van der Waals surface area contributed by atoms with Crippen molar-refractivity contribution in [1.82, 2.24) is 9.97 Å². The van der Waals surface area contributed by atoms with Gasteiger partial charge in [0.2, 0.25) is 0 Å². The third kappa shape index (κ3) is 1.74. The van der Waals surface area contributed by atoms with E-state index in [1.54, 1.807) is 24.3 Å². The second-order valence-electron chi connectivity index (χ2n) is 3.79. The van der Waals surface area contributed by atoms with Crippen molar-refractivity contribution in [1.29, 1.82) is 0 Å². The van der Waals surface area contributed by atoms with Crippen molar-refractivity contribution in [3.8, 4) is 0 Å². The van der Waals surface area contributed by atoms with Crippen LogP contribution in [0.25, 0.3) is 22.1 Å². The number of nitrogens with zero attached hydrogens (tertiary/aromatic N) is 3. The minimum absolute atomic E-state index is 0.00169. The topological polar surface area (TPSA) is 68.9 Å². The minimum atomic E-state index is -0.455. The Bertz CT molecular complexity index is 789. The number of non-ortho nitro benzene ring substituents is 1. The van der Waals surface area contributed by atoms with Crippen molar-refractivity contribution in [2.24, 2.45) is 0 Å². The van der Waals surface area contributed by atoms with Crippen LogP contribution in [-0.2, 0) is 0 Å². The van der Waals surface area contributed by atoms with E-state index in [1.807, 2.05) is 0 Å². The van der Waals surface area contributed by atoms with Crippen LogP contribution < -0.4 is 0 Å². The Hall–Kier alpha value is -2.27. The lowest BCUT2D eigenvalue weighted by Gasteiger charge is -2.01. The van der Waals surface area contributed by atoms with Crippen molar-refractivity contribution < 1.29 is 4.92 Å². The van der Waals surface area contributed by atoms with Crippen LogP contribution in [0.2, 0.25) is 5.02 Å². The Labute approximate surface area is 106 Å². The van der Waals surface area contributed by atoms with Crippen LogP contribution in [0.5, 0.6) is 0 Å². The molecule has 0 unspecified atom stereocenters. The number of aromatic nitrogens is 2. The third-order valence-electron chi connectivity index (χ3n) is 2.59. The van der Waals surface area contributed by atoms with Gasteiger partial charge in [-0.1, -0.05) is 11.6 Å².